The predicted octanol–water partition coefficient (Wildman–Crippen LogP) is 16.3. The van der Waals surface area contributed by atoms with Crippen molar-refractivity contribution in [2.45, 2.75) is 5.41 Å². The van der Waals surface area contributed by atoms with Crippen molar-refractivity contribution in [3.05, 3.63) is 253 Å². The Hall–Kier alpha value is -7.98. The molecule has 0 N–H and O–H groups in total. The molecule has 0 radical (unpaired) electrons. The van der Waals surface area contributed by atoms with Gasteiger partial charge in [-0.1, -0.05) is 182 Å². The van der Waals surface area contributed by atoms with Gasteiger partial charge in [-0.25, -0.2) is 0 Å². The lowest BCUT2D eigenvalue weighted by molar-refractivity contribution is 0.767. The average molecular weight is 831 g/mol. The second-order valence-electron chi connectivity index (χ2n) is 17.1. The number of benzene rings is 10. The summed E-state index contributed by atoms with van der Waals surface area (Å²) in [5.41, 5.74) is 16.8. The van der Waals surface area contributed by atoms with Crippen LogP contribution >= 0.6 is 11.3 Å². The van der Waals surface area contributed by atoms with Crippen molar-refractivity contribution in [1.82, 2.24) is 9.13 Å². The molecule has 0 atom stereocenters. The zero-order valence-electron chi connectivity index (χ0n) is 34.7. The highest BCUT2D eigenvalue weighted by Crippen LogP contribution is 2.57. The van der Waals surface area contributed by atoms with E-state index in [0.717, 1.165) is 11.4 Å². The van der Waals surface area contributed by atoms with E-state index in [2.05, 4.69) is 240 Å². The van der Waals surface area contributed by atoms with Crippen LogP contribution in [-0.4, -0.2) is 9.13 Å². The van der Waals surface area contributed by atoms with Gasteiger partial charge in [0.15, 0.2) is 0 Å². The van der Waals surface area contributed by atoms with Crippen molar-refractivity contribution < 1.29 is 0 Å². The van der Waals surface area contributed by atoms with Crippen LogP contribution in [0.4, 0.5) is 0 Å². The number of thiophene rings is 1. The Kier molecular flexibility index (Phi) is 7.51. The Labute approximate surface area is 374 Å². The maximum atomic E-state index is 2.54. The van der Waals surface area contributed by atoms with Gasteiger partial charge >= 0.3 is 0 Å². The molecular formula is C61H38N2S. The largest absolute Gasteiger partial charge is 0.309 e. The lowest BCUT2D eigenvalue weighted by Gasteiger charge is -2.34. The van der Waals surface area contributed by atoms with Crippen molar-refractivity contribution in [2.24, 2.45) is 0 Å². The normalized spacial score (nSPS) is 13.1. The van der Waals surface area contributed by atoms with Crippen molar-refractivity contribution >= 4 is 75.1 Å². The van der Waals surface area contributed by atoms with Gasteiger partial charge in [0.25, 0.3) is 0 Å². The summed E-state index contributed by atoms with van der Waals surface area (Å²) >= 11 is 1.88. The molecule has 0 aliphatic heterocycles. The molecule has 3 aromatic heterocycles. The number of aromatic nitrogens is 2. The van der Waals surface area contributed by atoms with Gasteiger partial charge in [0.2, 0.25) is 0 Å². The molecule has 10 aromatic carbocycles. The topological polar surface area (TPSA) is 9.86 Å². The standard InChI is InChI=1S/C61H38N2S/c1-3-16-40(17-4-1)61(41-18-5-2-6-19-41)52-26-11-7-20-45(52)46-35-34-43(38-53(46)61)63-54-27-12-8-21-47(54)49-36-37-56-58(59(49)63)51-23-9-13-28-55(51)62(56)42-32-30-39(31-33-42)44-24-15-25-50-48-22-10-14-29-57(48)64-60(44)50/h1-38H. The molecule has 2 nitrogen and oxygen atoms in total. The van der Waals surface area contributed by atoms with Gasteiger partial charge in [-0.2, -0.15) is 0 Å². The second kappa shape index (κ2) is 13.5. The molecule has 14 rings (SSSR count). The van der Waals surface area contributed by atoms with E-state index in [1.165, 1.54) is 108 Å². The Bertz CT molecular complexity index is 3960. The van der Waals surface area contributed by atoms with Crippen molar-refractivity contribution in [2.75, 3.05) is 0 Å². The van der Waals surface area contributed by atoms with E-state index in [0.29, 0.717) is 0 Å². The molecule has 0 fully saturated rings. The van der Waals surface area contributed by atoms with Crippen LogP contribution in [0.2, 0.25) is 0 Å². The summed E-state index contributed by atoms with van der Waals surface area (Å²) in [7, 11) is 0. The van der Waals surface area contributed by atoms with Crippen molar-refractivity contribution in [3.8, 4) is 33.6 Å². The van der Waals surface area contributed by atoms with Gasteiger partial charge in [0, 0.05) is 53.1 Å². The third-order valence-corrected chi connectivity index (χ3v) is 15.2. The molecular weight excluding hydrogens is 793 g/mol. The molecule has 1 aliphatic rings. The Morgan fingerprint density at radius 1 is 0.344 bits per heavy atom. The number of rotatable bonds is 5. The zero-order chi connectivity index (χ0) is 41.9. The summed E-state index contributed by atoms with van der Waals surface area (Å²) in [5, 5.41) is 7.64. The van der Waals surface area contributed by atoms with E-state index in [1.807, 2.05) is 11.3 Å². The lowest BCUT2D eigenvalue weighted by atomic mass is 9.67. The van der Waals surface area contributed by atoms with E-state index in [-0.39, 0.29) is 0 Å². The summed E-state index contributed by atoms with van der Waals surface area (Å²) in [6.45, 7) is 0. The zero-order valence-corrected chi connectivity index (χ0v) is 35.6. The van der Waals surface area contributed by atoms with Gasteiger partial charge in [0.1, 0.15) is 0 Å². The molecule has 0 amide bonds. The van der Waals surface area contributed by atoms with Gasteiger partial charge in [-0.3, -0.25) is 0 Å². The fourth-order valence-corrected chi connectivity index (χ4v) is 12.6. The first-order chi connectivity index (χ1) is 31.8. The third kappa shape index (κ3) is 4.79. The SMILES string of the molecule is c1ccc(C2(c3ccccc3)c3ccccc3-c3ccc(-n4c5ccccc5c5ccc6c(c7ccccc7n6-c6ccc(-c7cccc8c7sc7ccccc78)cc6)c54)cc32)cc1. The molecule has 3 heterocycles. The number of hydrogen-bond donors (Lipinski definition) is 0. The molecule has 0 spiro atoms. The molecule has 0 saturated heterocycles. The number of para-hydroxylation sites is 2. The first-order valence-electron chi connectivity index (χ1n) is 22.1. The van der Waals surface area contributed by atoms with Crippen LogP contribution in [0.25, 0.3) is 97.4 Å². The van der Waals surface area contributed by atoms with E-state index >= 15 is 0 Å². The maximum Gasteiger partial charge on any atom is 0.0714 e. The fraction of sp³-hybridized carbons (Fsp3) is 0.0164. The summed E-state index contributed by atoms with van der Waals surface area (Å²) in [6, 6.07) is 85.7. The van der Waals surface area contributed by atoms with Gasteiger partial charge in [-0.05, 0) is 93.0 Å². The van der Waals surface area contributed by atoms with Crippen LogP contribution in [0, 0.1) is 0 Å². The van der Waals surface area contributed by atoms with E-state index in [1.54, 1.807) is 0 Å². The summed E-state index contributed by atoms with van der Waals surface area (Å²) in [5.74, 6) is 0. The molecule has 0 unspecified atom stereocenters. The first kappa shape index (κ1) is 35.6. The van der Waals surface area contributed by atoms with Gasteiger partial charge < -0.3 is 9.13 Å². The Morgan fingerprint density at radius 3 is 1.72 bits per heavy atom. The predicted molar refractivity (Wildman–Crippen MR) is 271 cm³/mol. The maximum absolute atomic E-state index is 2.54. The molecule has 1 aliphatic carbocycles. The number of nitrogens with zero attached hydrogens (tertiary/aromatic N) is 2. The lowest BCUT2D eigenvalue weighted by Crippen LogP contribution is -2.28. The Balaban J connectivity index is 1.02. The summed E-state index contributed by atoms with van der Waals surface area (Å²) in [4.78, 5) is 0. The highest BCUT2D eigenvalue weighted by atomic mass is 32.1. The van der Waals surface area contributed by atoms with Crippen LogP contribution in [0.5, 0.6) is 0 Å². The number of hydrogen-bond acceptors (Lipinski definition) is 1. The highest BCUT2D eigenvalue weighted by molar-refractivity contribution is 7.26. The minimum Gasteiger partial charge on any atom is -0.309 e. The van der Waals surface area contributed by atoms with Crippen LogP contribution in [0.3, 0.4) is 0 Å². The fourth-order valence-electron chi connectivity index (χ4n) is 11.4. The molecule has 0 bridgehead atoms. The summed E-state index contributed by atoms with van der Waals surface area (Å²) < 4.78 is 7.67. The monoisotopic (exact) mass is 830 g/mol. The average Bonchev–Trinajstić information content (AvgIpc) is 4.10. The molecule has 298 valence electrons. The Morgan fingerprint density at radius 2 is 0.938 bits per heavy atom. The van der Waals surface area contributed by atoms with Crippen LogP contribution < -0.4 is 0 Å². The number of fused-ring (bicyclic) bond motifs is 13. The highest BCUT2D eigenvalue weighted by Gasteiger charge is 2.46. The van der Waals surface area contributed by atoms with E-state index in [9.17, 15) is 0 Å². The van der Waals surface area contributed by atoms with Gasteiger partial charge in [0.05, 0.1) is 27.5 Å². The van der Waals surface area contributed by atoms with Crippen LogP contribution in [-0.2, 0) is 5.41 Å². The molecule has 0 saturated carbocycles. The minimum atomic E-state index is -0.497. The van der Waals surface area contributed by atoms with E-state index < -0.39 is 5.41 Å². The minimum absolute atomic E-state index is 0.497. The molecule has 64 heavy (non-hydrogen) atoms. The summed E-state index contributed by atoms with van der Waals surface area (Å²) in [6.07, 6.45) is 0. The molecule has 13 aromatic rings. The van der Waals surface area contributed by atoms with Crippen LogP contribution in [0.1, 0.15) is 22.3 Å². The van der Waals surface area contributed by atoms with Crippen LogP contribution in [0.15, 0.2) is 231 Å². The van der Waals surface area contributed by atoms with Crippen molar-refractivity contribution in [1.29, 1.82) is 0 Å². The second-order valence-corrected chi connectivity index (χ2v) is 18.2. The first-order valence-corrected chi connectivity index (χ1v) is 22.9. The smallest absolute Gasteiger partial charge is 0.0714 e. The third-order valence-electron chi connectivity index (χ3n) is 14.0. The quantitative estimate of drug-likeness (QED) is 0.164. The molecule has 3 heteroatoms. The van der Waals surface area contributed by atoms with Gasteiger partial charge in [-0.15, -0.1) is 11.3 Å². The van der Waals surface area contributed by atoms with E-state index in [4.69, 9.17) is 0 Å². The van der Waals surface area contributed by atoms with Crippen molar-refractivity contribution in [3.63, 3.8) is 0 Å².